The summed E-state index contributed by atoms with van der Waals surface area (Å²) in [4.78, 5) is 11.0. The van der Waals surface area contributed by atoms with Gasteiger partial charge >= 0.3 is 5.63 Å². The first kappa shape index (κ1) is 8.32. The number of rotatable bonds is 0. The maximum absolute atomic E-state index is 11.0. The first-order valence-corrected chi connectivity index (χ1v) is 3.89. The Kier molecular flexibility index (Phi) is 1.72. The van der Waals surface area contributed by atoms with Crippen molar-refractivity contribution >= 4 is 11.0 Å². The highest BCUT2D eigenvalue weighted by Gasteiger charge is 2.11. The topological polar surface area (TPSA) is 74.2 Å². The van der Waals surface area contributed by atoms with Crippen LogP contribution < -0.4 is 5.63 Å². The summed E-state index contributed by atoms with van der Waals surface area (Å²) in [5.41, 5.74) is -0.635. The molecule has 1 aromatic heterocycles. The fourth-order valence-corrected chi connectivity index (χ4v) is 1.25. The molecule has 0 bridgehead atoms. The zero-order valence-corrected chi connectivity index (χ0v) is 7.02. The molecule has 0 aliphatic heterocycles. The van der Waals surface area contributed by atoms with Crippen LogP contribution in [0.3, 0.4) is 0 Å². The van der Waals surface area contributed by atoms with Gasteiger partial charge in [-0.2, -0.15) is 5.26 Å². The van der Waals surface area contributed by atoms with Gasteiger partial charge in [0.2, 0.25) is 5.75 Å². The minimum atomic E-state index is -0.889. The maximum atomic E-state index is 11.0. The molecule has 4 nitrogen and oxygen atoms in total. The van der Waals surface area contributed by atoms with Crippen molar-refractivity contribution in [2.24, 2.45) is 0 Å². The van der Waals surface area contributed by atoms with Crippen LogP contribution in [0.25, 0.3) is 11.0 Å². The van der Waals surface area contributed by atoms with Crippen molar-refractivity contribution in [1.82, 2.24) is 0 Å². The van der Waals surface area contributed by atoms with Crippen LogP contribution in [-0.2, 0) is 0 Å². The van der Waals surface area contributed by atoms with E-state index in [1.807, 2.05) is 0 Å². The van der Waals surface area contributed by atoms with Crippen molar-refractivity contribution in [1.29, 1.82) is 5.26 Å². The van der Waals surface area contributed by atoms with Gasteiger partial charge in [-0.05, 0) is 12.1 Å². The molecule has 14 heavy (non-hydrogen) atoms. The lowest BCUT2D eigenvalue weighted by atomic mass is 10.1. The van der Waals surface area contributed by atoms with E-state index < -0.39 is 11.4 Å². The average Bonchev–Trinajstić information content (AvgIpc) is 2.20. The lowest BCUT2D eigenvalue weighted by molar-refractivity contribution is 0.426. The molecule has 0 radical (unpaired) electrons. The smallest absolute Gasteiger partial charge is 0.380 e. The van der Waals surface area contributed by atoms with Crippen LogP contribution in [0.5, 0.6) is 5.75 Å². The van der Waals surface area contributed by atoms with Crippen molar-refractivity contribution in [3.05, 3.63) is 40.2 Å². The highest BCUT2D eigenvalue weighted by atomic mass is 16.4. The quantitative estimate of drug-likeness (QED) is 0.632. The molecule has 0 saturated carbocycles. The van der Waals surface area contributed by atoms with Crippen LogP contribution in [-0.4, -0.2) is 5.11 Å². The largest absolute Gasteiger partial charge is 0.501 e. The van der Waals surface area contributed by atoms with E-state index in [-0.39, 0.29) is 5.56 Å². The second-order valence-electron chi connectivity index (χ2n) is 2.72. The SMILES string of the molecule is N#Cc1c(O)c(=O)oc2ccccc12. The van der Waals surface area contributed by atoms with Crippen LogP contribution >= 0.6 is 0 Å². The molecule has 0 unspecified atom stereocenters. The average molecular weight is 187 g/mol. The normalized spacial score (nSPS) is 9.93. The Hall–Kier alpha value is -2.28. The highest BCUT2D eigenvalue weighted by molar-refractivity contribution is 5.84. The van der Waals surface area contributed by atoms with E-state index in [1.165, 1.54) is 0 Å². The summed E-state index contributed by atoms with van der Waals surface area (Å²) in [6, 6.07) is 8.32. The van der Waals surface area contributed by atoms with Gasteiger partial charge in [-0.15, -0.1) is 0 Å². The Morgan fingerprint density at radius 1 is 1.36 bits per heavy atom. The van der Waals surface area contributed by atoms with Gasteiger partial charge in [0.05, 0.1) is 0 Å². The lowest BCUT2D eigenvalue weighted by Crippen LogP contribution is -2.00. The van der Waals surface area contributed by atoms with Gasteiger partial charge in [0.25, 0.3) is 0 Å². The highest BCUT2D eigenvalue weighted by Crippen LogP contribution is 2.22. The number of nitriles is 1. The minimum absolute atomic E-state index is 0.0446. The predicted molar refractivity (Wildman–Crippen MR) is 48.9 cm³/mol. The van der Waals surface area contributed by atoms with Crippen molar-refractivity contribution in [2.75, 3.05) is 0 Å². The van der Waals surface area contributed by atoms with Gasteiger partial charge in [0.15, 0.2) is 0 Å². The molecule has 68 valence electrons. The van der Waals surface area contributed by atoms with Crippen molar-refractivity contribution in [3.63, 3.8) is 0 Å². The number of benzene rings is 1. The summed E-state index contributed by atoms with van der Waals surface area (Å²) < 4.78 is 4.78. The first-order chi connectivity index (χ1) is 6.74. The Balaban J connectivity index is 3.06. The van der Waals surface area contributed by atoms with Crippen LogP contribution in [0, 0.1) is 11.3 Å². The number of para-hydroxylation sites is 1. The molecule has 0 atom stereocenters. The Morgan fingerprint density at radius 2 is 2.07 bits per heavy atom. The van der Waals surface area contributed by atoms with Gasteiger partial charge in [0.1, 0.15) is 17.2 Å². The van der Waals surface area contributed by atoms with Crippen molar-refractivity contribution in [3.8, 4) is 11.8 Å². The molecule has 0 saturated heterocycles. The van der Waals surface area contributed by atoms with E-state index in [2.05, 4.69) is 0 Å². The molecule has 0 aliphatic carbocycles. The molecular formula is C10H5NO3. The van der Waals surface area contributed by atoms with E-state index >= 15 is 0 Å². The zero-order chi connectivity index (χ0) is 10.1. The van der Waals surface area contributed by atoms with Gasteiger partial charge in [-0.3, -0.25) is 0 Å². The number of nitrogens with zero attached hydrogens (tertiary/aromatic N) is 1. The monoisotopic (exact) mass is 187 g/mol. The molecule has 0 amide bonds. The molecule has 2 aromatic rings. The summed E-state index contributed by atoms with van der Waals surface area (Å²) in [6.45, 7) is 0. The third-order valence-corrected chi connectivity index (χ3v) is 1.90. The number of hydrogen-bond donors (Lipinski definition) is 1. The molecule has 0 spiro atoms. The summed E-state index contributed by atoms with van der Waals surface area (Å²) in [5, 5.41) is 18.5. The summed E-state index contributed by atoms with van der Waals surface area (Å²) in [7, 11) is 0. The number of fused-ring (bicyclic) bond motifs is 1. The van der Waals surface area contributed by atoms with Crippen LogP contribution in [0.15, 0.2) is 33.5 Å². The summed E-state index contributed by atoms with van der Waals surface area (Å²) >= 11 is 0. The van der Waals surface area contributed by atoms with Gasteiger partial charge in [0, 0.05) is 5.39 Å². The van der Waals surface area contributed by atoms with E-state index in [9.17, 15) is 9.90 Å². The minimum Gasteiger partial charge on any atom is -0.501 e. The third kappa shape index (κ3) is 1.04. The molecule has 1 aromatic carbocycles. The Morgan fingerprint density at radius 3 is 2.79 bits per heavy atom. The number of aromatic hydroxyl groups is 1. The molecular weight excluding hydrogens is 182 g/mol. The third-order valence-electron chi connectivity index (χ3n) is 1.90. The van der Waals surface area contributed by atoms with Gasteiger partial charge in [-0.25, -0.2) is 4.79 Å². The Bertz CT molecular complexity index is 592. The summed E-state index contributed by atoms with van der Waals surface area (Å²) in [6.07, 6.45) is 0. The van der Waals surface area contributed by atoms with Crippen LogP contribution in [0.2, 0.25) is 0 Å². The van der Waals surface area contributed by atoms with Gasteiger partial charge in [-0.1, -0.05) is 12.1 Å². The molecule has 0 fully saturated rings. The van der Waals surface area contributed by atoms with Crippen LogP contribution in [0.4, 0.5) is 0 Å². The molecule has 1 heterocycles. The standard InChI is InChI=1S/C10H5NO3/c11-5-7-6-3-1-2-4-8(6)14-10(13)9(7)12/h1-4,12H. The van der Waals surface area contributed by atoms with E-state index in [0.717, 1.165) is 0 Å². The molecule has 4 heteroatoms. The van der Waals surface area contributed by atoms with Crippen molar-refractivity contribution < 1.29 is 9.52 Å². The van der Waals surface area contributed by atoms with E-state index in [4.69, 9.17) is 9.68 Å². The fraction of sp³-hybridized carbons (Fsp3) is 0. The maximum Gasteiger partial charge on any atom is 0.380 e. The van der Waals surface area contributed by atoms with Crippen LogP contribution in [0.1, 0.15) is 5.56 Å². The first-order valence-electron chi connectivity index (χ1n) is 3.89. The second kappa shape index (κ2) is 2.89. The predicted octanol–water partition coefficient (Wildman–Crippen LogP) is 1.37. The molecule has 0 aliphatic rings. The fourth-order valence-electron chi connectivity index (χ4n) is 1.25. The van der Waals surface area contributed by atoms with E-state index in [0.29, 0.717) is 11.0 Å². The molecule has 2 rings (SSSR count). The van der Waals surface area contributed by atoms with E-state index in [1.54, 1.807) is 30.3 Å². The number of hydrogen-bond acceptors (Lipinski definition) is 4. The molecule has 1 N–H and O–H groups in total. The lowest BCUT2D eigenvalue weighted by Gasteiger charge is -1.99. The Labute approximate surface area is 78.6 Å². The zero-order valence-electron chi connectivity index (χ0n) is 7.02. The summed E-state index contributed by atoms with van der Waals surface area (Å²) in [5.74, 6) is -0.633. The van der Waals surface area contributed by atoms with Crippen molar-refractivity contribution in [2.45, 2.75) is 0 Å². The second-order valence-corrected chi connectivity index (χ2v) is 2.72. The van der Waals surface area contributed by atoms with Gasteiger partial charge < -0.3 is 9.52 Å².